The van der Waals surface area contributed by atoms with Gasteiger partial charge in [-0.25, -0.2) is 4.79 Å². The van der Waals surface area contributed by atoms with E-state index in [0.717, 1.165) is 5.01 Å². The van der Waals surface area contributed by atoms with Crippen molar-refractivity contribution in [3.8, 4) is 5.75 Å². The summed E-state index contributed by atoms with van der Waals surface area (Å²) in [6.45, 7) is 1.64. The fourth-order valence-electron chi connectivity index (χ4n) is 2.33. The Morgan fingerprint density at radius 2 is 2.00 bits per heavy atom. The minimum atomic E-state index is -1.18. The van der Waals surface area contributed by atoms with Gasteiger partial charge in [-0.1, -0.05) is 12.1 Å². The second-order valence-corrected chi connectivity index (χ2v) is 5.16. The van der Waals surface area contributed by atoms with E-state index < -0.39 is 17.5 Å². The number of ether oxygens (including phenoxy) is 1. The fraction of sp³-hybridized carbons (Fsp3) is 0.188. The van der Waals surface area contributed by atoms with Crippen LogP contribution in [0.5, 0.6) is 5.75 Å². The van der Waals surface area contributed by atoms with Crippen LogP contribution in [0.2, 0.25) is 0 Å². The number of hydrogen-bond acceptors (Lipinski definition) is 5. The van der Waals surface area contributed by atoms with E-state index in [0.29, 0.717) is 17.1 Å². The third-order valence-corrected chi connectivity index (χ3v) is 3.68. The van der Waals surface area contributed by atoms with Crippen molar-refractivity contribution in [1.29, 1.82) is 0 Å². The molecule has 1 aromatic carbocycles. The van der Waals surface area contributed by atoms with Crippen LogP contribution in [-0.4, -0.2) is 30.3 Å². The molecule has 2 heterocycles. The summed E-state index contributed by atoms with van der Waals surface area (Å²) in [5, 5.41) is 7.38. The number of imide groups is 1. The zero-order valence-corrected chi connectivity index (χ0v) is 12.6. The van der Waals surface area contributed by atoms with Gasteiger partial charge in [0.05, 0.1) is 19.6 Å². The number of carbonyl (C=O) groups is 2. The summed E-state index contributed by atoms with van der Waals surface area (Å²) in [4.78, 5) is 24.7. The van der Waals surface area contributed by atoms with Crippen molar-refractivity contribution in [2.75, 3.05) is 7.11 Å². The van der Waals surface area contributed by atoms with Gasteiger partial charge in [-0.05, 0) is 36.8 Å². The predicted octanol–water partition coefficient (Wildman–Crippen LogP) is 2.09. The van der Waals surface area contributed by atoms with Gasteiger partial charge in [0, 0.05) is 0 Å². The second-order valence-electron chi connectivity index (χ2n) is 5.16. The maximum Gasteiger partial charge on any atom is 0.346 e. The molecule has 0 spiro atoms. The molecule has 0 bridgehead atoms. The van der Waals surface area contributed by atoms with Crippen LogP contribution in [0, 0.1) is 0 Å². The van der Waals surface area contributed by atoms with Crippen LogP contribution in [0.4, 0.5) is 4.79 Å². The molecule has 7 heteroatoms. The Morgan fingerprint density at radius 3 is 2.61 bits per heavy atom. The van der Waals surface area contributed by atoms with Crippen LogP contribution < -0.4 is 10.1 Å². The van der Waals surface area contributed by atoms with Gasteiger partial charge in [-0.2, -0.15) is 5.10 Å². The molecule has 0 radical (unpaired) electrons. The zero-order chi connectivity index (χ0) is 16.4. The van der Waals surface area contributed by atoms with Crippen molar-refractivity contribution in [3.05, 3.63) is 54.0 Å². The van der Waals surface area contributed by atoms with Crippen molar-refractivity contribution in [1.82, 2.24) is 10.3 Å². The summed E-state index contributed by atoms with van der Waals surface area (Å²) in [6.07, 6.45) is 2.80. The van der Waals surface area contributed by atoms with Gasteiger partial charge in [0.15, 0.2) is 0 Å². The van der Waals surface area contributed by atoms with Gasteiger partial charge in [0.2, 0.25) is 0 Å². The number of hydrazone groups is 1. The molecule has 1 atom stereocenters. The molecule has 0 saturated carbocycles. The van der Waals surface area contributed by atoms with Crippen LogP contribution >= 0.6 is 0 Å². The molecule has 1 N–H and O–H groups in total. The molecule has 1 fully saturated rings. The second kappa shape index (κ2) is 5.60. The van der Waals surface area contributed by atoms with E-state index in [1.54, 1.807) is 50.4 Å². The highest BCUT2D eigenvalue weighted by Crippen LogP contribution is 2.30. The summed E-state index contributed by atoms with van der Waals surface area (Å²) in [5.41, 5.74) is -0.531. The Hall–Kier alpha value is -3.09. The molecule has 1 aromatic heterocycles. The van der Waals surface area contributed by atoms with Gasteiger partial charge in [-0.3, -0.25) is 4.79 Å². The van der Waals surface area contributed by atoms with Crippen molar-refractivity contribution in [2.45, 2.75) is 12.5 Å². The summed E-state index contributed by atoms with van der Waals surface area (Å²) >= 11 is 0. The monoisotopic (exact) mass is 313 g/mol. The Bertz CT molecular complexity index is 752. The Balaban J connectivity index is 1.86. The quantitative estimate of drug-likeness (QED) is 0.692. The molecular formula is C16H15N3O4. The van der Waals surface area contributed by atoms with Crippen LogP contribution in [0.25, 0.3) is 0 Å². The van der Waals surface area contributed by atoms with Gasteiger partial charge < -0.3 is 14.5 Å². The molecule has 0 aliphatic carbocycles. The first-order chi connectivity index (χ1) is 11.0. The predicted molar refractivity (Wildman–Crippen MR) is 82.0 cm³/mol. The van der Waals surface area contributed by atoms with Crippen molar-refractivity contribution >= 4 is 18.2 Å². The molecular weight excluding hydrogens is 298 g/mol. The normalized spacial score (nSPS) is 21.0. The summed E-state index contributed by atoms with van der Waals surface area (Å²) in [7, 11) is 1.56. The minimum absolute atomic E-state index is 0.448. The molecule has 1 saturated heterocycles. The number of nitrogens with zero attached hydrogens (tertiary/aromatic N) is 2. The molecule has 7 nitrogen and oxygen atoms in total. The lowest BCUT2D eigenvalue weighted by molar-refractivity contribution is -0.131. The Morgan fingerprint density at radius 1 is 1.26 bits per heavy atom. The highest BCUT2D eigenvalue weighted by Gasteiger charge is 2.49. The first-order valence-electron chi connectivity index (χ1n) is 6.93. The van der Waals surface area contributed by atoms with Crippen LogP contribution in [-0.2, 0) is 10.3 Å². The summed E-state index contributed by atoms with van der Waals surface area (Å²) in [6, 6.07) is 9.70. The van der Waals surface area contributed by atoms with E-state index in [2.05, 4.69) is 10.4 Å². The number of rotatable bonds is 4. The average Bonchev–Trinajstić information content (AvgIpc) is 3.14. The maximum atomic E-state index is 12.6. The lowest BCUT2D eigenvalue weighted by Gasteiger charge is -2.21. The molecule has 2 aromatic rings. The van der Waals surface area contributed by atoms with Crippen LogP contribution in [0.1, 0.15) is 18.2 Å². The lowest BCUT2D eigenvalue weighted by Crippen LogP contribution is -2.40. The van der Waals surface area contributed by atoms with E-state index in [1.807, 2.05) is 0 Å². The Kier molecular flexibility index (Phi) is 3.61. The number of furan rings is 1. The maximum absolute atomic E-state index is 12.6. The largest absolute Gasteiger partial charge is 0.497 e. The third-order valence-electron chi connectivity index (χ3n) is 3.68. The number of methoxy groups -OCH3 is 1. The minimum Gasteiger partial charge on any atom is -0.497 e. The van der Waals surface area contributed by atoms with E-state index in [9.17, 15) is 9.59 Å². The van der Waals surface area contributed by atoms with E-state index in [-0.39, 0.29) is 0 Å². The third kappa shape index (κ3) is 2.57. The van der Waals surface area contributed by atoms with Gasteiger partial charge in [0.25, 0.3) is 5.91 Å². The van der Waals surface area contributed by atoms with Gasteiger partial charge in [0.1, 0.15) is 17.0 Å². The topological polar surface area (TPSA) is 84.1 Å². The van der Waals surface area contributed by atoms with E-state index in [1.165, 1.54) is 12.5 Å². The Labute approximate surface area is 132 Å². The first-order valence-corrected chi connectivity index (χ1v) is 6.93. The SMILES string of the molecule is COc1ccc(C2(C)NC(=O)N(/N=C/c3ccco3)C2=O)cc1. The molecule has 1 aliphatic heterocycles. The van der Waals surface area contributed by atoms with Crippen LogP contribution in [0.15, 0.2) is 52.2 Å². The highest BCUT2D eigenvalue weighted by molar-refractivity contribution is 6.07. The smallest absolute Gasteiger partial charge is 0.346 e. The molecule has 118 valence electrons. The average molecular weight is 313 g/mol. The molecule has 1 aliphatic rings. The summed E-state index contributed by atoms with van der Waals surface area (Å²) in [5.74, 6) is 0.654. The van der Waals surface area contributed by atoms with Crippen LogP contribution in [0.3, 0.4) is 0 Å². The number of benzene rings is 1. The zero-order valence-electron chi connectivity index (χ0n) is 12.6. The highest BCUT2D eigenvalue weighted by atomic mass is 16.5. The van der Waals surface area contributed by atoms with E-state index in [4.69, 9.17) is 9.15 Å². The lowest BCUT2D eigenvalue weighted by atomic mass is 9.92. The molecule has 1 unspecified atom stereocenters. The molecule has 23 heavy (non-hydrogen) atoms. The number of nitrogens with one attached hydrogen (secondary N) is 1. The first kappa shape index (κ1) is 14.8. The molecule has 3 rings (SSSR count). The summed E-state index contributed by atoms with van der Waals surface area (Å²) < 4.78 is 10.2. The van der Waals surface area contributed by atoms with Crippen molar-refractivity contribution in [3.63, 3.8) is 0 Å². The standard InChI is InChI=1S/C16H15N3O4/c1-16(11-5-7-12(22-2)8-6-11)14(20)19(15(21)18-16)17-10-13-4-3-9-23-13/h3-10H,1-2H3,(H,18,21)/b17-10+. The van der Waals surface area contributed by atoms with Gasteiger partial charge >= 0.3 is 6.03 Å². The van der Waals surface area contributed by atoms with Crippen molar-refractivity contribution < 1.29 is 18.7 Å². The number of amides is 3. The van der Waals surface area contributed by atoms with E-state index >= 15 is 0 Å². The fourth-order valence-corrected chi connectivity index (χ4v) is 2.33. The van der Waals surface area contributed by atoms with Gasteiger partial charge in [-0.15, -0.1) is 5.01 Å². The number of carbonyl (C=O) groups excluding carboxylic acids is 2. The molecule has 3 amide bonds. The van der Waals surface area contributed by atoms with Crippen molar-refractivity contribution in [2.24, 2.45) is 5.10 Å². The number of urea groups is 1. The number of hydrogen-bond donors (Lipinski definition) is 1.